The van der Waals surface area contributed by atoms with Gasteiger partial charge in [0.25, 0.3) is 0 Å². The van der Waals surface area contributed by atoms with Crippen LogP contribution in [0.25, 0.3) is 0 Å². The zero-order valence-corrected chi connectivity index (χ0v) is 13.6. The molecule has 0 fully saturated rings. The van der Waals surface area contributed by atoms with Crippen molar-refractivity contribution >= 4 is 11.9 Å². The molecule has 0 aromatic heterocycles. The summed E-state index contributed by atoms with van der Waals surface area (Å²) in [6.07, 6.45) is 0. The van der Waals surface area contributed by atoms with Crippen LogP contribution in [-0.4, -0.2) is 49.2 Å². The van der Waals surface area contributed by atoms with Gasteiger partial charge in [0.05, 0.1) is 0 Å². The van der Waals surface area contributed by atoms with Gasteiger partial charge in [-0.25, -0.2) is 9.59 Å². The lowest BCUT2D eigenvalue weighted by molar-refractivity contribution is 0.0477. The van der Waals surface area contributed by atoms with Gasteiger partial charge in [-0.15, -0.1) is 0 Å². The maximum absolute atomic E-state index is 12.2. The van der Waals surface area contributed by atoms with Crippen molar-refractivity contribution in [2.45, 2.75) is 0 Å². The Kier molecular flexibility index (Phi) is 5.92. The standard InChI is InChI=1S/C18H19NO5/c1-19(2)11-12-23-17(21)14-8-4-6-10-16(14)24-18(22)13-7-3-5-9-15(13)20/h3-10,20H,11-12H2,1-2H3. The van der Waals surface area contributed by atoms with Gasteiger partial charge in [-0.2, -0.15) is 0 Å². The number of para-hydroxylation sites is 2. The van der Waals surface area contributed by atoms with E-state index in [1.54, 1.807) is 24.3 Å². The van der Waals surface area contributed by atoms with Crippen molar-refractivity contribution in [3.05, 3.63) is 59.7 Å². The fourth-order valence-corrected chi connectivity index (χ4v) is 1.92. The van der Waals surface area contributed by atoms with Crippen LogP contribution in [0.3, 0.4) is 0 Å². The van der Waals surface area contributed by atoms with Gasteiger partial charge in [-0.3, -0.25) is 0 Å². The first-order valence-corrected chi connectivity index (χ1v) is 7.40. The summed E-state index contributed by atoms with van der Waals surface area (Å²) >= 11 is 0. The molecule has 0 radical (unpaired) electrons. The Bertz CT molecular complexity index is 727. The molecule has 0 saturated heterocycles. The predicted octanol–water partition coefficient (Wildman–Crippen LogP) is 2.33. The monoisotopic (exact) mass is 329 g/mol. The first kappa shape index (κ1) is 17.5. The number of phenols is 1. The molecule has 0 aliphatic heterocycles. The van der Waals surface area contributed by atoms with Gasteiger partial charge in [-0.1, -0.05) is 24.3 Å². The van der Waals surface area contributed by atoms with Gasteiger partial charge in [0.15, 0.2) is 0 Å². The molecule has 0 atom stereocenters. The van der Waals surface area contributed by atoms with Crippen LogP contribution in [0.4, 0.5) is 0 Å². The smallest absolute Gasteiger partial charge is 0.347 e. The molecule has 126 valence electrons. The third kappa shape index (κ3) is 4.57. The van der Waals surface area contributed by atoms with Crippen molar-refractivity contribution in [3.63, 3.8) is 0 Å². The van der Waals surface area contributed by atoms with E-state index in [9.17, 15) is 14.7 Å². The summed E-state index contributed by atoms with van der Waals surface area (Å²) in [5.74, 6) is -1.42. The van der Waals surface area contributed by atoms with Crippen molar-refractivity contribution in [1.29, 1.82) is 0 Å². The summed E-state index contributed by atoms with van der Waals surface area (Å²) in [7, 11) is 3.74. The van der Waals surface area contributed by atoms with Crippen molar-refractivity contribution in [2.24, 2.45) is 0 Å². The van der Waals surface area contributed by atoms with Gasteiger partial charge in [-0.05, 0) is 38.4 Å². The number of aromatic hydroxyl groups is 1. The molecular formula is C18H19NO5. The predicted molar refractivity (Wildman–Crippen MR) is 88.3 cm³/mol. The molecule has 0 unspecified atom stereocenters. The first-order valence-electron chi connectivity index (χ1n) is 7.40. The molecule has 0 aliphatic carbocycles. The fourth-order valence-electron chi connectivity index (χ4n) is 1.92. The Morgan fingerprint density at radius 2 is 1.58 bits per heavy atom. The van der Waals surface area contributed by atoms with Crippen LogP contribution in [0.5, 0.6) is 11.5 Å². The van der Waals surface area contributed by atoms with E-state index >= 15 is 0 Å². The highest BCUT2D eigenvalue weighted by atomic mass is 16.5. The van der Waals surface area contributed by atoms with Crippen LogP contribution in [0.1, 0.15) is 20.7 Å². The van der Waals surface area contributed by atoms with Crippen molar-refractivity contribution in [1.82, 2.24) is 4.90 Å². The van der Waals surface area contributed by atoms with Crippen LogP contribution < -0.4 is 4.74 Å². The zero-order valence-electron chi connectivity index (χ0n) is 13.6. The van der Waals surface area contributed by atoms with Gasteiger partial charge in [0, 0.05) is 6.54 Å². The lowest BCUT2D eigenvalue weighted by Gasteiger charge is -2.12. The maximum Gasteiger partial charge on any atom is 0.347 e. The summed E-state index contributed by atoms with van der Waals surface area (Å²) in [6, 6.07) is 12.4. The number of benzene rings is 2. The number of rotatable bonds is 6. The fraction of sp³-hybridized carbons (Fsp3) is 0.222. The van der Waals surface area contributed by atoms with Crippen molar-refractivity contribution in [3.8, 4) is 11.5 Å². The minimum absolute atomic E-state index is 0.0216. The second kappa shape index (κ2) is 8.12. The quantitative estimate of drug-likeness (QED) is 0.647. The Morgan fingerprint density at radius 1 is 0.958 bits per heavy atom. The molecule has 2 rings (SSSR count). The highest BCUT2D eigenvalue weighted by molar-refractivity contribution is 5.97. The molecule has 1 N–H and O–H groups in total. The number of nitrogens with zero attached hydrogens (tertiary/aromatic N) is 1. The molecular weight excluding hydrogens is 310 g/mol. The van der Waals surface area contributed by atoms with Crippen LogP contribution in [0.2, 0.25) is 0 Å². The third-order valence-electron chi connectivity index (χ3n) is 3.21. The summed E-state index contributed by atoms with van der Waals surface area (Å²) in [6.45, 7) is 0.819. The number of carbonyl (C=O) groups is 2. The summed E-state index contributed by atoms with van der Waals surface area (Å²) in [5.41, 5.74) is 0.174. The Hall–Kier alpha value is -2.86. The number of hydrogen-bond donors (Lipinski definition) is 1. The highest BCUT2D eigenvalue weighted by Crippen LogP contribution is 2.23. The van der Waals surface area contributed by atoms with Crippen LogP contribution in [0.15, 0.2) is 48.5 Å². The van der Waals surface area contributed by atoms with E-state index in [4.69, 9.17) is 9.47 Å². The topological polar surface area (TPSA) is 76.1 Å². The minimum atomic E-state index is -0.748. The molecule has 2 aromatic rings. The van der Waals surface area contributed by atoms with E-state index < -0.39 is 11.9 Å². The van der Waals surface area contributed by atoms with E-state index in [0.29, 0.717) is 6.54 Å². The minimum Gasteiger partial charge on any atom is -0.507 e. The van der Waals surface area contributed by atoms with Gasteiger partial charge in [0.1, 0.15) is 29.2 Å². The number of hydrogen-bond acceptors (Lipinski definition) is 6. The van der Waals surface area contributed by atoms with Crippen molar-refractivity contribution in [2.75, 3.05) is 27.2 Å². The number of likely N-dealkylation sites (N-methyl/N-ethyl adjacent to an activating group) is 1. The molecule has 0 bridgehead atoms. The summed E-state index contributed by atoms with van der Waals surface area (Å²) in [4.78, 5) is 26.2. The third-order valence-corrected chi connectivity index (χ3v) is 3.21. The molecule has 24 heavy (non-hydrogen) atoms. The summed E-state index contributed by atoms with van der Waals surface area (Å²) in [5, 5.41) is 9.71. The van der Waals surface area contributed by atoms with Crippen molar-refractivity contribution < 1.29 is 24.2 Å². The Labute approximate surface area is 140 Å². The van der Waals surface area contributed by atoms with Crippen LogP contribution >= 0.6 is 0 Å². The number of carbonyl (C=O) groups excluding carboxylic acids is 2. The van der Waals surface area contributed by atoms with Gasteiger partial charge >= 0.3 is 11.9 Å². The lowest BCUT2D eigenvalue weighted by atomic mass is 10.2. The largest absolute Gasteiger partial charge is 0.507 e. The highest BCUT2D eigenvalue weighted by Gasteiger charge is 2.18. The number of ether oxygens (including phenoxy) is 2. The normalized spacial score (nSPS) is 10.5. The molecule has 0 spiro atoms. The Balaban J connectivity index is 2.12. The van der Waals surface area contributed by atoms with Gasteiger partial charge < -0.3 is 19.5 Å². The van der Waals surface area contributed by atoms with Crippen LogP contribution in [-0.2, 0) is 4.74 Å². The maximum atomic E-state index is 12.2. The molecule has 2 aromatic carbocycles. The first-order chi connectivity index (χ1) is 11.5. The molecule has 0 aliphatic rings. The molecule has 0 heterocycles. The van der Waals surface area contributed by atoms with E-state index in [2.05, 4.69) is 0 Å². The van der Waals surface area contributed by atoms with E-state index in [-0.39, 0.29) is 29.2 Å². The average molecular weight is 329 g/mol. The second-order valence-electron chi connectivity index (χ2n) is 5.34. The molecule has 0 saturated carbocycles. The number of esters is 2. The lowest BCUT2D eigenvalue weighted by Crippen LogP contribution is -2.20. The van der Waals surface area contributed by atoms with Gasteiger partial charge in [0.2, 0.25) is 0 Å². The SMILES string of the molecule is CN(C)CCOC(=O)c1ccccc1OC(=O)c1ccccc1O. The zero-order chi connectivity index (χ0) is 17.5. The van der Waals surface area contributed by atoms with Crippen LogP contribution in [0, 0.1) is 0 Å². The van der Waals surface area contributed by atoms with E-state index in [0.717, 1.165) is 0 Å². The molecule has 6 heteroatoms. The van der Waals surface area contributed by atoms with E-state index in [1.165, 1.54) is 24.3 Å². The number of phenolic OH excluding ortho intramolecular Hbond substituents is 1. The molecule has 0 amide bonds. The van der Waals surface area contributed by atoms with E-state index in [1.807, 2.05) is 19.0 Å². The molecule has 6 nitrogen and oxygen atoms in total. The average Bonchev–Trinajstić information content (AvgIpc) is 2.55. The Morgan fingerprint density at radius 3 is 2.25 bits per heavy atom. The summed E-state index contributed by atoms with van der Waals surface area (Å²) < 4.78 is 10.4. The second-order valence-corrected chi connectivity index (χ2v) is 5.34.